The number of thiazole rings is 1. The Morgan fingerprint density at radius 3 is 2.64 bits per heavy atom. The Kier molecular flexibility index (Phi) is 5.70. The molecule has 0 spiro atoms. The van der Waals surface area contributed by atoms with E-state index in [1.165, 1.54) is 11.3 Å². The number of nitrogens with one attached hydrogen (secondary N) is 2. The summed E-state index contributed by atoms with van der Waals surface area (Å²) in [6.45, 7) is 5.81. The second-order valence-corrected chi connectivity index (χ2v) is 6.07. The second-order valence-electron chi connectivity index (χ2n) is 4.84. The van der Waals surface area contributed by atoms with Gasteiger partial charge in [0.15, 0.2) is 0 Å². The van der Waals surface area contributed by atoms with E-state index in [1.807, 2.05) is 19.1 Å². The van der Waals surface area contributed by atoms with Crippen LogP contribution in [-0.2, 0) is 0 Å². The number of halogens is 1. The van der Waals surface area contributed by atoms with Crippen molar-refractivity contribution in [2.24, 2.45) is 0 Å². The lowest BCUT2D eigenvalue weighted by Crippen LogP contribution is -2.43. The SMILES string of the molecule is Cc1ncc(C(=O)Nc2ccc(N3CCNCC3)cn2)s1.Cl. The molecular formula is C14H18ClN5OS. The summed E-state index contributed by atoms with van der Waals surface area (Å²) in [7, 11) is 0. The van der Waals surface area contributed by atoms with Crippen LogP contribution in [0.5, 0.6) is 0 Å². The molecule has 2 aromatic rings. The van der Waals surface area contributed by atoms with Crippen molar-refractivity contribution in [3.63, 3.8) is 0 Å². The lowest BCUT2D eigenvalue weighted by molar-refractivity contribution is 0.103. The molecular weight excluding hydrogens is 322 g/mol. The first kappa shape index (κ1) is 16.7. The average molecular weight is 340 g/mol. The van der Waals surface area contributed by atoms with Gasteiger partial charge in [0.25, 0.3) is 5.91 Å². The molecule has 1 amide bonds. The van der Waals surface area contributed by atoms with Crippen molar-refractivity contribution in [3.8, 4) is 0 Å². The molecule has 0 atom stereocenters. The molecule has 3 heterocycles. The Labute approximate surface area is 139 Å². The first-order valence-electron chi connectivity index (χ1n) is 6.88. The molecule has 6 nitrogen and oxygen atoms in total. The van der Waals surface area contributed by atoms with Crippen molar-refractivity contribution < 1.29 is 4.79 Å². The van der Waals surface area contributed by atoms with Crippen LogP contribution >= 0.6 is 23.7 Å². The van der Waals surface area contributed by atoms with Crippen LogP contribution in [0.3, 0.4) is 0 Å². The summed E-state index contributed by atoms with van der Waals surface area (Å²) in [4.78, 5) is 23.3. The van der Waals surface area contributed by atoms with Gasteiger partial charge in [0.2, 0.25) is 0 Å². The lowest BCUT2D eigenvalue weighted by Gasteiger charge is -2.29. The minimum atomic E-state index is -0.164. The summed E-state index contributed by atoms with van der Waals surface area (Å²) in [5, 5.41) is 6.99. The number of anilines is 2. The highest BCUT2D eigenvalue weighted by molar-refractivity contribution is 7.13. The molecule has 8 heteroatoms. The third kappa shape index (κ3) is 3.94. The fourth-order valence-electron chi connectivity index (χ4n) is 2.21. The van der Waals surface area contributed by atoms with Crippen LogP contribution in [0.4, 0.5) is 11.5 Å². The van der Waals surface area contributed by atoms with Gasteiger partial charge in [-0.1, -0.05) is 0 Å². The highest BCUT2D eigenvalue weighted by atomic mass is 35.5. The highest BCUT2D eigenvalue weighted by Gasteiger charge is 2.12. The molecule has 0 radical (unpaired) electrons. The minimum absolute atomic E-state index is 0. The zero-order valence-corrected chi connectivity index (χ0v) is 13.8. The monoisotopic (exact) mass is 339 g/mol. The number of rotatable bonds is 3. The fourth-order valence-corrected chi connectivity index (χ4v) is 2.89. The van der Waals surface area contributed by atoms with Crippen molar-refractivity contribution in [3.05, 3.63) is 34.4 Å². The van der Waals surface area contributed by atoms with Crippen LogP contribution in [-0.4, -0.2) is 42.1 Å². The van der Waals surface area contributed by atoms with Gasteiger partial charge < -0.3 is 15.5 Å². The Balaban J connectivity index is 0.00000176. The van der Waals surface area contributed by atoms with E-state index >= 15 is 0 Å². The predicted molar refractivity (Wildman–Crippen MR) is 91.4 cm³/mol. The zero-order chi connectivity index (χ0) is 14.7. The number of nitrogens with zero attached hydrogens (tertiary/aromatic N) is 3. The van der Waals surface area contributed by atoms with Gasteiger partial charge in [0, 0.05) is 26.2 Å². The van der Waals surface area contributed by atoms with E-state index in [0.29, 0.717) is 10.7 Å². The predicted octanol–water partition coefficient (Wildman–Crippen LogP) is 1.93. The third-order valence-electron chi connectivity index (χ3n) is 3.32. The molecule has 1 fully saturated rings. The number of aryl methyl sites for hydroxylation is 1. The van der Waals surface area contributed by atoms with Crippen molar-refractivity contribution >= 4 is 41.2 Å². The topological polar surface area (TPSA) is 70.2 Å². The molecule has 0 unspecified atom stereocenters. The number of carbonyl (C=O) groups excluding carboxylic acids is 1. The summed E-state index contributed by atoms with van der Waals surface area (Å²) in [6.07, 6.45) is 3.39. The van der Waals surface area contributed by atoms with Gasteiger partial charge in [-0.3, -0.25) is 4.79 Å². The summed E-state index contributed by atoms with van der Waals surface area (Å²) >= 11 is 1.37. The van der Waals surface area contributed by atoms with Crippen LogP contribution in [0.1, 0.15) is 14.7 Å². The largest absolute Gasteiger partial charge is 0.368 e. The molecule has 1 saturated heterocycles. The molecule has 1 aliphatic heterocycles. The highest BCUT2D eigenvalue weighted by Crippen LogP contribution is 2.17. The normalized spacial score (nSPS) is 14.3. The molecule has 3 rings (SSSR count). The van der Waals surface area contributed by atoms with Crippen LogP contribution in [0.15, 0.2) is 24.5 Å². The second kappa shape index (κ2) is 7.53. The smallest absolute Gasteiger partial charge is 0.268 e. The summed E-state index contributed by atoms with van der Waals surface area (Å²) in [5.41, 5.74) is 1.09. The molecule has 0 bridgehead atoms. The quantitative estimate of drug-likeness (QED) is 0.894. The van der Waals surface area contributed by atoms with Gasteiger partial charge in [0.1, 0.15) is 10.7 Å². The number of aromatic nitrogens is 2. The Bertz CT molecular complexity index is 624. The number of hydrogen-bond donors (Lipinski definition) is 2. The minimum Gasteiger partial charge on any atom is -0.368 e. The number of pyridine rings is 1. The van der Waals surface area contributed by atoms with Gasteiger partial charge in [-0.05, 0) is 19.1 Å². The molecule has 22 heavy (non-hydrogen) atoms. The molecule has 0 saturated carbocycles. The summed E-state index contributed by atoms with van der Waals surface area (Å²) in [6, 6.07) is 3.83. The Morgan fingerprint density at radius 2 is 2.05 bits per heavy atom. The van der Waals surface area contributed by atoms with Gasteiger partial charge in [-0.2, -0.15) is 0 Å². The number of carbonyl (C=O) groups is 1. The molecule has 2 aromatic heterocycles. The van der Waals surface area contributed by atoms with Crippen molar-refractivity contribution in [2.75, 3.05) is 36.4 Å². The van der Waals surface area contributed by atoms with E-state index in [1.54, 1.807) is 12.4 Å². The Hall–Kier alpha value is -1.70. The molecule has 2 N–H and O–H groups in total. The maximum absolute atomic E-state index is 12.0. The van der Waals surface area contributed by atoms with Crippen molar-refractivity contribution in [1.82, 2.24) is 15.3 Å². The average Bonchev–Trinajstić information content (AvgIpc) is 2.96. The van der Waals surface area contributed by atoms with Gasteiger partial charge in [-0.15, -0.1) is 23.7 Å². The van der Waals surface area contributed by atoms with Crippen LogP contribution in [0.25, 0.3) is 0 Å². The van der Waals surface area contributed by atoms with Crippen molar-refractivity contribution in [2.45, 2.75) is 6.92 Å². The van der Waals surface area contributed by atoms with E-state index in [2.05, 4.69) is 25.5 Å². The number of piperazine rings is 1. The van der Waals surface area contributed by atoms with E-state index in [-0.39, 0.29) is 18.3 Å². The number of hydrogen-bond acceptors (Lipinski definition) is 6. The summed E-state index contributed by atoms with van der Waals surface area (Å²) < 4.78 is 0. The molecule has 1 aliphatic rings. The fraction of sp³-hybridized carbons (Fsp3) is 0.357. The zero-order valence-electron chi connectivity index (χ0n) is 12.2. The van der Waals surface area contributed by atoms with Crippen LogP contribution in [0, 0.1) is 6.92 Å². The van der Waals surface area contributed by atoms with Crippen molar-refractivity contribution in [1.29, 1.82) is 0 Å². The third-order valence-corrected chi connectivity index (χ3v) is 4.23. The van der Waals surface area contributed by atoms with E-state index < -0.39 is 0 Å². The van der Waals surface area contributed by atoms with E-state index in [9.17, 15) is 4.79 Å². The molecule has 0 aliphatic carbocycles. The van der Waals surface area contributed by atoms with E-state index in [0.717, 1.165) is 36.9 Å². The molecule has 0 aromatic carbocycles. The maximum Gasteiger partial charge on any atom is 0.268 e. The summed E-state index contributed by atoms with van der Waals surface area (Å²) in [5.74, 6) is 0.396. The van der Waals surface area contributed by atoms with Crippen LogP contribution < -0.4 is 15.5 Å². The van der Waals surface area contributed by atoms with Gasteiger partial charge in [-0.25, -0.2) is 9.97 Å². The first-order chi connectivity index (χ1) is 10.2. The van der Waals surface area contributed by atoms with E-state index in [4.69, 9.17) is 0 Å². The first-order valence-corrected chi connectivity index (χ1v) is 7.69. The van der Waals surface area contributed by atoms with Crippen LogP contribution in [0.2, 0.25) is 0 Å². The lowest BCUT2D eigenvalue weighted by atomic mass is 10.3. The van der Waals surface area contributed by atoms with Gasteiger partial charge in [0.05, 0.1) is 23.1 Å². The Morgan fingerprint density at radius 1 is 1.27 bits per heavy atom. The number of amides is 1. The van der Waals surface area contributed by atoms with Gasteiger partial charge >= 0.3 is 0 Å². The molecule has 118 valence electrons. The maximum atomic E-state index is 12.0. The standard InChI is InChI=1S/C14H17N5OS.ClH/c1-10-16-9-12(21-10)14(20)18-13-3-2-11(8-17-13)19-6-4-15-5-7-19;/h2-3,8-9,15H,4-7H2,1H3,(H,17,18,20);1H.